The standard InChI is InChI=1S/C26H30N6O3S/c1-16-12-13-21(17(2)14-16)35-19(4)24-28-29-26(30(24)5)36-15-22(33)27-23-18(3)31(6)32(25(23)34)20-10-8-7-9-11-20/h7-14,19H,15H2,1-6H3,(H,27,33). The fourth-order valence-corrected chi connectivity index (χ4v) is 4.72. The highest BCUT2D eigenvalue weighted by molar-refractivity contribution is 7.99. The molecule has 0 bridgehead atoms. The van der Waals surface area contributed by atoms with Gasteiger partial charge in [-0.15, -0.1) is 10.2 Å². The number of nitrogens with zero attached hydrogens (tertiary/aromatic N) is 5. The number of ether oxygens (including phenoxy) is 1. The summed E-state index contributed by atoms with van der Waals surface area (Å²) in [5, 5.41) is 11.9. The van der Waals surface area contributed by atoms with E-state index >= 15 is 0 Å². The Kier molecular flexibility index (Phi) is 7.35. The van der Waals surface area contributed by atoms with Gasteiger partial charge < -0.3 is 14.6 Å². The molecular formula is C26H30N6O3S. The Bertz CT molecular complexity index is 1450. The number of hydrogen-bond acceptors (Lipinski definition) is 6. The maximum Gasteiger partial charge on any atom is 0.295 e. The van der Waals surface area contributed by atoms with Gasteiger partial charge in [0.2, 0.25) is 5.91 Å². The van der Waals surface area contributed by atoms with Crippen molar-refractivity contribution in [2.75, 3.05) is 11.1 Å². The van der Waals surface area contributed by atoms with E-state index in [0.29, 0.717) is 16.7 Å². The first-order chi connectivity index (χ1) is 17.2. The summed E-state index contributed by atoms with van der Waals surface area (Å²) < 4.78 is 11.2. The number of para-hydroxylation sites is 1. The van der Waals surface area contributed by atoms with Crippen molar-refractivity contribution in [2.24, 2.45) is 14.1 Å². The molecule has 0 aliphatic rings. The van der Waals surface area contributed by atoms with Gasteiger partial charge in [0.15, 0.2) is 17.1 Å². The molecule has 0 saturated carbocycles. The molecule has 10 heteroatoms. The highest BCUT2D eigenvalue weighted by atomic mass is 32.2. The van der Waals surface area contributed by atoms with Crippen LogP contribution in [0.15, 0.2) is 58.5 Å². The largest absolute Gasteiger partial charge is 0.482 e. The van der Waals surface area contributed by atoms with Gasteiger partial charge in [0, 0.05) is 14.1 Å². The molecule has 0 aliphatic heterocycles. The van der Waals surface area contributed by atoms with Crippen LogP contribution in [-0.2, 0) is 18.9 Å². The average molecular weight is 507 g/mol. The quantitative estimate of drug-likeness (QED) is 0.362. The molecule has 0 aliphatic carbocycles. The summed E-state index contributed by atoms with van der Waals surface area (Å²) in [6, 6.07) is 15.3. The molecule has 2 heterocycles. The van der Waals surface area contributed by atoms with Crippen LogP contribution in [0.25, 0.3) is 5.69 Å². The molecule has 1 N–H and O–H groups in total. The number of rotatable bonds is 8. The number of anilines is 1. The van der Waals surface area contributed by atoms with Crippen molar-refractivity contribution in [2.45, 2.75) is 39.0 Å². The number of carbonyl (C=O) groups is 1. The molecule has 2 aromatic carbocycles. The Labute approximate surface area is 214 Å². The fraction of sp³-hybridized carbons (Fsp3) is 0.308. The molecule has 0 fully saturated rings. The second-order valence-electron chi connectivity index (χ2n) is 8.70. The van der Waals surface area contributed by atoms with Crippen LogP contribution < -0.4 is 15.6 Å². The minimum atomic E-state index is -0.324. The first kappa shape index (κ1) is 25.3. The van der Waals surface area contributed by atoms with Crippen LogP contribution >= 0.6 is 11.8 Å². The van der Waals surface area contributed by atoms with E-state index in [2.05, 4.69) is 21.6 Å². The van der Waals surface area contributed by atoms with Gasteiger partial charge in [-0.1, -0.05) is 47.7 Å². The van der Waals surface area contributed by atoms with Crippen molar-refractivity contribution in [3.8, 4) is 11.4 Å². The Balaban J connectivity index is 1.42. The number of thioether (sulfide) groups is 1. The van der Waals surface area contributed by atoms with Crippen LogP contribution in [0.5, 0.6) is 5.75 Å². The van der Waals surface area contributed by atoms with Crippen LogP contribution in [0.1, 0.15) is 35.7 Å². The zero-order valence-corrected chi connectivity index (χ0v) is 22.1. The summed E-state index contributed by atoms with van der Waals surface area (Å²) in [6.07, 6.45) is -0.324. The van der Waals surface area contributed by atoms with Gasteiger partial charge in [0.1, 0.15) is 11.4 Å². The SMILES string of the molecule is Cc1ccc(OC(C)c2nnc(SCC(=O)Nc3c(C)n(C)n(-c4ccccc4)c3=O)n2C)c(C)c1. The summed E-state index contributed by atoms with van der Waals surface area (Å²) in [4.78, 5) is 25.8. The van der Waals surface area contributed by atoms with E-state index < -0.39 is 0 Å². The van der Waals surface area contributed by atoms with Crippen LogP contribution in [-0.4, -0.2) is 35.8 Å². The van der Waals surface area contributed by atoms with Crippen molar-refractivity contribution in [1.29, 1.82) is 0 Å². The molecule has 0 saturated heterocycles. The number of aryl methyl sites for hydroxylation is 2. The summed E-state index contributed by atoms with van der Waals surface area (Å²) in [6.45, 7) is 7.77. The van der Waals surface area contributed by atoms with E-state index in [-0.39, 0.29) is 29.0 Å². The Hall–Kier alpha value is -3.79. The van der Waals surface area contributed by atoms with Gasteiger partial charge in [0.25, 0.3) is 5.56 Å². The number of hydrogen-bond donors (Lipinski definition) is 1. The van der Waals surface area contributed by atoms with Crippen molar-refractivity contribution >= 4 is 23.4 Å². The first-order valence-electron chi connectivity index (χ1n) is 11.6. The van der Waals surface area contributed by atoms with Crippen LogP contribution in [0.4, 0.5) is 5.69 Å². The highest BCUT2D eigenvalue weighted by Crippen LogP contribution is 2.26. The zero-order valence-electron chi connectivity index (χ0n) is 21.3. The van der Waals surface area contributed by atoms with Gasteiger partial charge in [-0.3, -0.25) is 14.3 Å². The van der Waals surface area contributed by atoms with E-state index in [1.807, 2.05) is 74.9 Å². The van der Waals surface area contributed by atoms with E-state index in [0.717, 1.165) is 17.0 Å². The summed E-state index contributed by atoms with van der Waals surface area (Å²) in [5.41, 5.74) is 3.61. The molecule has 0 spiro atoms. The number of amides is 1. The molecule has 1 amide bonds. The Morgan fingerprint density at radius 2 is 1.81 bits per heavy atom. The molecular weight excluding hydrogens is 476 g/mol. The summed E-state index contributed by atoms with van der Waals surface area (Å²) in [7, 11) is 3.63. The van der Waals surface area contributed by atoms with Gasteiger partial charge in [-0.2, -0.15) is 0 Å². The minimum absolute atomic E-state index is 0.0807. The lowest BCUT2D eigenvalue weighted by molar-refractivity contribution is -0.113. The zero-order chi connectivity index (χ0) is 26.0. The fourth-order valence-electron chi connectivity index (χ4n) is 4.00. The predicted molar refractivity (Wildman–Crippen MR) is 141 cm³/mol. The molecule has 2 aromatic heterocycles. The van der Waals surface area contributed by atoms with Gasteiger partial charge in [-0.25, -0.2) is 4.68 Å². The molecule has 4 aromatic rings. The lowest BCUT2D eigenvalue weighted by Crippen LogP contribution is -2.23. The third-order valence-electron chi connectivity index (χ3n) is 6.02. The van der Waals surface area contributed by atoms with Gasteiger partial charge in [0.05, 0.1) is 17.1 Å². The third-order valence-corrected chi connectivity index (χ3v) is 7.04. The minimum Gasteiger partial charge on any atom is -0.482 e. The van der Waals surface area contributed by atoms with Crippen LogP contribution in [0.3, 0.4) is 0 Å². The molecule has 1 atom stereocenters. The summed E-state index contributed by atoms with van der Waals surface area (Å²) in [5.74, 6) is 1.24. The van der Waals surface area contributed by atoms with Gasteiger partial charge in [-0.05, 0) is 51.5 Å². The van der Waals surface area contributed by atoms with Gasteiger partial charge >= 0.3 is 0 Å². The van der Waals surface area contributed by atoms with Crippen molar-refractivity contribution in [1.82, 2.24) is 24.1 Å². The van der Waals surface area contributed by atoms with E-state index in [1.54, 1.807) is 18.7 Å². The first-order valence-corrected chi connectivity index (χ1v) is 12.6. The Morgan fingerprint density at radius 1 is 1.08 bits per heavy atom. The Morgan fingerprint density at radius 3 is 2.50 bits per heavy atom. The van der Waals surface area contributed by atoms with Crippen LogP contribution in [0.2, 0.25) is 0 Å². The van der Waals surface area contributed by atoms with Crippen molar-refractivity contribution < 1.29 is 9.53 Å². The second kappa shape index (κ2) is 10.4. The van der Waals surface area contributed by atoms with Crippen molar-refractivity contribution in [3.05, 3.63) is 81.5 Å². The van der Waals surface area contributed by atoms with Crippen LogP contribution in [0, 0.1) is 20.8 Å². The highest BCUT2D eigenvalue weighted by Gasteiger charge is 2.21. The van der Waals surface area contributed by atoms with E-state index in [9.17, 15) is 9.59 Å². The third kappa shape index (κ3) is 5.08. The molecule has 36 heavy (non-hydrogen) atoms. The van der Waals surface area contributed by atoms with E-state index in [1.165, 1.54) is 22.0 Å². The number of aromatic nitrogens is 5. The monoisotopic (exact) mass is 506 g/mol. The second-order valence-corrected chi connectivity index (χ2v) is 9.64. The number of benzene rings is 2. The molecule has 1 unspecified atom stereocenters. The number of carbonyl (C=O) groups excluding carboxylic acids is 1. The topological polar surface area (TPSA) is 96.0 Å². The smallest absolute Gasteiger partial charge is 0.295 e. The van der Waals surface area contributed by atoms with Crippen molar-refractivity contribution in [3.63, 3.8) is 0 Å². The predicted octanol–water partition coefficient (Wildman–Crippen LogP) is 4.10. The molecule has 4 rings (SSSR count). The molecule has 9 nitrogen and oxygen atoms in total. The average Bonchev–Trinajstić information content (AvgIpc) is 3.32. The maximum atomic E-state index is 13.0. The molecule has 188 valence electrons. The number of nitrogens with one attached hydrogen (secondary N) is 1. The maximum absolute atomic E-state index is 13.0. The summed E-state index contributed by atoms with van der Waals surface area (Å²) >= 11 is 1.25. The molecule has 0 radical (unpaired) electrons. The lowest BCUT2D eigenvalue weighted by atomic mass is 10.1. The normalized spacial score (nSPS) is 11.9. The lowest BCUT2D eigenvalue weighted by Gasteiger charge is -2.16. The van der Waals surface area contributed by atoms with E-state index in [4.69, 9.17) is 4.74 Å².